The van der Waals surface area contributed by atoms with E-state index in [-0.39, 0.29) is 11.3 Å². The third-order valence-corrected chi connectivity index (χ3v) is 2.81. The first-order chi connectivity index (χ1) is 8.95. The van der Waals surface area contributed by atoms with E-state index in [4.69, 9.17) is 10.5 Å². The molecule has 0 saturated carbocycles. The minimum atomic E-state index is -0.0724. The zero-order valence-corrected chi connectivity index (χ0v) is 12.0. The van der Waals surface area contributed by atoms with Crippen molar-refractivity contribution in [3.8, 4) is 0 Å². The van der Waals surface area contributed by atoms with E-state index >= 15 is 0 Å². The Balaban J connectivity index is 2.45. The van der Waals surface area contributed by atoms with E-state index in [0.717, 1.165) is 0 Å². The summed E-state index contributed by atoms with van der Waals surface area (Å²) in [6, 6.07) is 7.72. The highest BCUT2D eigenvalue weighted by atomic mass is 16.5. The lowest BCUT2D eigenvalue weighted by atomic mass is 9.87. The summed E-state index contributed by atoms with van der Waals surface area (Å²) < 4.78 is 5.19. The molecule has 0 atom stereocenters. The number of benzene rings is 1. The lowest BCUT2D eigenvalue weighted by Gasteiger charge is -2.19. The Morgan fingerprint density at radius 1 is 1.21 bits per heavy atom. The molecule has 0 saturated heterocycles. The highest BCUT2D eigenvalue weighted by molar-refractivity contribution is 5.94. The summed E-state index contributed by atoms with van der Waals surface area (Å²) in [4.78, 5) is 11.8. The van der Waals surface area contributed by atoms with Gasteiger partial charge in [-0.3, -0.25) is 4.79 Å². The summed E-state index contributed by atoms with van der Waals surface area (Å²) in [6.45, 7) is 8.46. The third-order valence-electron chi connectivity index (χ3n) is 2.81. The molecular weight excluding hydrogens is 240 g/mol. The third kappa shape index (κ3) is 5.41. The predicted octanol–water partition coefficient (Wildman–Crippen LogP) is 1.69. The van der Waals surface area contributed by atoms with Crippen LogP contribution in [0, 0.1) is 0 Å². The number of amides is 1. The molecule has 4 nitrogen and oxygen atoms in total. The second kappa shape index (κ2) is 7.26. The van der Waals surface area contributed by atoms with Crippen molar-refractivity contribution in [2.75, 3.05) is 26.3 Å². The van der Waals surface area contributed by atoms with Gasteiger partial charge in [-0.15, -0.1) is 0 Å². The van der Waals surface area contributed by atoms with Crippen molar-refractivity contribution in [1.29, 1.82) is 0 Å². The Hall–Kier alpha value is -1.39. The molecule has 0 bridgehead atoms. The molecule has 3 N–H and O–H groups in total. The van der Waals surface area contributed by atoms with Crippen LogP contribution < -0.4 is 11.1 Å². The lowest BCUT2D eigenvalue weighted by molar-refractivity contribution is 0.0920. The van der Waals surface area contributed by atoms with Crippen molar-refractivity contribution in [2.45, 2.75) is 26.2 Å². The van der Waals surface area contributed by atoms with E-state index in [9.17, 15) is 4.79 Å². The molecule has 0 heterocycles. The van der Waals surface area contributed by atoms with Crippen LogP contribution in [0.25, 0.3) is 0 Å². The zero-order valence-electron chi connectivity index (χ0n) is 12.0. The summed E-state index contributed by atoms with van der Waals surface area (Å²) in [6.07, 6.45) is 0. The molecule has 0 unspecified atom stereocenters. The zero-order chi connectivity index (χ0) is 14.3. The van der Waals surface area contributed by atoms with E-state index in [1.165, 1.54) is 5.56 Å². The summed E-state index contributed by atoms with van der Waals surface area (Å²) in [5.74, 6) is -0.0724. The molecule has 0 radical (unpaired) electrons. The van der Waals surface area contributed by atoms with Crippen LogP contribution in [0.2, 0.25) is 0 Å². The maximum Gasteiger partial charge on any atom is 0.251 e. The highest BCUT2D eigenvalue weighted by Crippen LogP contribution is 2.22. The van der Waals surface area contributed by atoms with Gasteiger partial charge in [0.15, 0.2) is 0 Å². The quantitative estimate of drug-likeness (QED) is 0.768. The van der Waals surface area contributed by atoms with Crippen LogP contribution in [0.5, 0.6) is 0 Å². The summed E-state index contributed by atoms with van der Waals surface area (Å²) in [7, 11) is 0. The molecule has 19 heavy (non-hydrogen) atoms. The van der Waals surface area contributed by atoms with Crippen molar-refractivity contribution >= 4 is 5.91 Å². The number of nitrogens with two attached hydrogens (primary N) is 1. The average Bonchev–Trinajstić information content (AvgIpc) is 2.37. The molecule has 1 aromatic carbocycles. The van der Waals surface area contributed by atoms with Crippen LogP contribution >= 0.6 is 0 Å². The van der Waals surface area contributed by atoms with Gasteiger partial charge in [0, 0.05) is 18.7 Å². The average molecular weight is 264 g/mol. The predicted molar refractivity (Wildman–Crippen MR) is 77.3 cm³/mol. The molecule has 0 aliphatic carbocycles. The number of nitrogens with one attached hydrogen (secondary N) is 1. The Morgan fingerprint density at radius 3 is 2.37 bits per heavy atom. The molecule has 0 fully saturated rings. The Labute approximate surface area is 115 Å². The summed E-state index contributed by atoms with van der Waals surface area (Å²) in [5.41, 5.74) is 7.29. The minimum absolute atomic E-state index is 0.0724. The van der Waals surface area contributed by atoms with Crippen LogP contribution in [0.1, 0.15) is 36.7 Å². The topological polar surface area (TPSA) is 64.3 Å². The summed E-state index contributed by atoms with van der Waals surface area (Å²) >= 11 is 0. The van der Waals surface area contributed by atoms with Crippen LogP contribution in [-0.4, -0.2) is 32.2 Å². The van der Waals surface area contributed by atoms with Crippen LogP contribution in [0.3, 0.4) is 0 Å². The molecule has 1 rings (SSSR count). The fraction of sp³-hybridized carbons (Fsp3) is 0.533. The van der Waals surface area contributed by atoms with Crippen LogP contribution in [0.4, 0.5) is 0 Å². The van der Waals surface area contributed by atoms with E-state index in [2.05, 4.69) is 26.1 Å². The van der Waals surface area contributed by atoms with E-state index < -0.39 is 0 Å². The van der Waals surface area contributed by atoms with Gasteiger partial charge >= 0.3 is 0 Å². The van der Waals surface area contributed by atoms with Gasteiger partial charge in [-0.25, -0.2) is 0 Å². The second-order valence-corrected chi connectivity index (χ2v) is 5.48. The first-order valence-electron chi connectivity index (χ1n) is 6.61. The van der Waals surface area contributed by atoms with E-state index in [1.807, 2.05) is 24.3 Å². The fourth-order valence-corrected chi connectivity index (χ4v) is 1.65. The largest absolute Gasteiger partial charge is 0.378 e. The molecule has 0 aromatic heterocycles. The molecule has 0 aliphatic heterocycles. The molecular formula is C15H24N2O2. The molecule has 0 spiro atoms. The van der Waals surface area contributed by atoms with Crippen molar-refractivity contribution in [1.82, 2.24) is 5.32 Å². The number of carbonyl (C=O) groups is 1. The SMILES string of the molecule is CC(C)(C)c1ccc(C(=O)NCCOCCN)cc1. The monoisotopic (exact) mass is 264 g/mol. The maximum atomic E-state index is 11.8. The Morgan fingerprint density at radius 2 is 1.84 bits per heavy atom. The maximum absolute atomic E-state index is 11.8. The number of rotatable bonds is 6. The van der Waals surface area contributed by atoms with Crippen molar-refractivity contribution in [3.63, 3.8) is 0 Å². The van der Waals surface area contributed by atoms with Crippen molar-refractivity contribution in [2.24, 2.45) is 5.73 Å². The summed E-state index contributed by atoms with van der Waals surface area (Å²) in [5, 5.41) is 2.81. The molecule has 4 heteroatoms. The second-order valence-electron chi connectivity index (χ2n) is 5.48. The standard InChI is InChI=1S/C15H24N2O2/c1-15(2,3)13-6-4-12(5-7-13)14(18)17-9-11-19-10-8-16/h4-7H,8-11,16H2,1-3H3,(H,17,18). The fourth-order valence-electron chi connectivity index (χ4n) is 1.65. The minimum Gasteiger partial charge on any atom is -0.378 e. The van der Waals surface area contributed by atoms with Gasteiger partial charge < -0.3 is 15.8 Å². The highest BCUT2D eigenvalue weighted by Gasteiger charge is 2.14. The number of carbonyl (C=O) groups excluding carboxylic acids is 1. The van der Waals surface area contributed by atoms with E-state index in [0.29, 0.717) is 31.9 Å². The van der Waals surface area contributed by atoms with Crippen LogP contribution in [-0.2, 0) is 10.2 Å². The number of hydrogen-bond acceptors (Lipinski definition) is 3. The van der Waals surface area contributed by atoms with Gasteiger partial charge in [0.1, 0.15) is 0 Å². The van der Waals surface area contributed by atoms with Crippen molar-refractivity contribution < 1.29 is 9.53 Å². The molecule has 1 aromatic rings. The Bertz CT molecular complexity index is 394. The van der Waals surface area contributed by atoms with E-state index in [1.54, 1.807) is 0 Å². The van der Waals surface area contributed by atoms with Gasteiger partial charge in [-0.1, -0.05) is 32.9 Å². The molecule has 1 amide bonds. The number of hydrogen-bond donors (Lipinski definition) is 2. The smallest absolute Gasteiger partial charge is 0.251 e. The lowest BCUT2D eigenvalue weighted by Crippen LogP contribution is -2.28. The van der Waals surface area contributed by atoms with Crippen molar-refractivity contribution in [3.05, 3.63) is 35.4 Å². The first kappa shape index (κ1) is 15.7. The first-order valence-corrected chi connectivity index (χ1v) is 6.61. The van der Waals surface area contributed by atoms with Gasteiger partial charge in [0.2, 0.25) is 0 Å². The van der Waals surface area contributed by atoms with Gasteiger partial charge in [-0.2, -0.15) is 0 Å². The molecule has 106 valence electrons. The Kier molecular flexibility index (Phi) is 5.99. The molecule has 0 aliphatic rings. The van der Waals surface area contributed by atoms with Gasteiger partial charge in [0.05, 0.1) is 13.2 Å². The number of ether oxygens (including phenoxy) is 1. The van der Waals surface area contributed by atoms with Crippen LogP contribution in [0.15, 0.2) is 24.3 Å². The van der Waals surface area contributed by atoms with Gasteiger partial charge in [0.25, 0.3) is 5.91 Å². The van der Waals surface area contributed by atoms with Gasteiger partial charge in [-0.05, 0) is 23.1 Å². The normalized spacial score (nSPS) is 11.4.